The fourth-order valence-corrected chi connectivity index (χ4v) is 4.06. The first-order valence-electron chi connectivity index (χ1n) is 11.0. The zero-order chi connectivity index (χ0) is 22.5. The molecular weight excluding hydrogens is 409 g/mol. The molecule has 1 saturated heterocycles. The number of methoxy groups -OCH3 is 1. The maximum absolute atomic E-state index is 13.8. The van der Waals surface area contributed by atoms with Crippen LogP contribution in [-0.2, 0) is 17.6 Å². The van der Waals surface area contributed by atoms with Gasteiger partial charge in [-0.25, -0.2) is 4.39 Å². The molecule has 2 aromatic carbocycles. The predicted molar refractivity (Wildman–Crippen MR) is 119 cm³/mol. The number of likely N-dealkylation sites (tertiary alicyclic amines) is 1. The zero-order valence-electron chi connectivity index (χ0n) is 18.5. The fourth-order valence-electron chi connectivity index (χ4n) is 4.06. The van der Waals surface area contributed by atoms with Crippen LogP contribution in [0.15, 0.2) is 47.0 Å². The number of amides is 1. The van der Waals surface area contributed by atoms with Crippen LogP contribution in [0, 0.1) is 18.7 Å². The molecule has 3 aromatic rings. The lowest BCUT2D eigenvalue weighted by atomic mass is 9.90. The molecule has 0 aliphatic carbocycles. The first-order valence-corrected chi connectivity index (χ1v) is 11.0. The van der Waals surface area contributed by atoms with E-state index in [4.69, 9.17) is 9.26 Å². The largest absolute Gasteiger partial charge is 0.497 e. The third-order valence-corrected chi connectivity index (χ3v) is 6.10. The van der Waals surface area contributed by atoms with E-state index in [9.17, 15) is 9.18 Å². The molecule has 0 spiro atoms. The highest BCUT2D eigenvalue weighted by molar-refractivity contribution is 5.76. The normalized spacial score (nSPS) is 14.5. The van der Waals surface area contributed by atoms with Gasteiger partial charge in [-0.2, -0.15) is 4.98 Å². The van der Waals surface area contributed by atoms with Gasteiger partial charge in [0, 0.05) is 31.5 Å². The smallest absolute Gasteiger partial charge is 0.227 e. The zero-order valence-corrected chi connectivity index (χ0v) is 18.5. The van der Waals surface area contributed by atoms with Crippen LogP contribution in [0.2, 0.25) is 0 Å². The van der Waals surface area contributed by atoms with Gasteiger partial charge in [0.15, 0.2) is 0 Å². The summed E-state index contributed by atoms with van der Waals surface area (Å²) in [5.74, 6) is 1.98. The van der Waals surface area contributed by atoms with Crippen molar-refractivity contribution < 1.29 is 18.4 Å². The SMILES string of the molecule is COc1ccc(CC2CCN(C(=O)CCc3nc(-c4ccc(C)c(F)c4)no3)CC2)cc1. The van der Waals surface area contributed by atoms with E-state index in [0.29, 0.717) is 41.6 Å². The maximum atomic E-state index is 13.8. The van der Waals surface area contributed by atoms with E-state index in [2.05, 4.69) is 22.3 Å². The molecule has 0 radical (unpaired) electrons. The molecule has 0 bridgehead atoms. The van der Waals surface area contributed by atoms with E-state index in [1.807, 2.05) is 17.0 Å². The summed E-state index contributed by atoms with van der Waals surface area (Å²) in [4.78, 5) is 18.9. The first-order chi connectivity index (χ1) is 15.5. The molecule has 32 heavy (non-hydrogen) atoms. The second kappa shape index (κ2) is 9.94. The molecule has 1 amide bonds. The van der Waals surface area contributed by atoms with Crippen LogP contribution in [0.3, 0.4) is 0 Å². The van der Waals surface area contributed by atoms with Crippen LogP contribution in [0.25, 0.3) is 11.4 Å². The van der Waals surface area contributed by atoms with E-state index in [0.717, 1.165) is 38.1 Å². The van der Waals surface area contributed by atoms with Gasteiger partial charge in [-0.1, -0.05) is 29.4 Å². The minimum absolute atomic E-state index is 0.106. The van der Waals surface area contributed by atoms with Gasteiger partial charge in [-0.3, -0.25) is 4.79 Å². The summed E-state index contributed by atoms with van der Waals surface area (Å²) in [5, 5.41) is 3.92. The third kappa shape index (κ3) is 5.33. The highest BCUT2D eigenvalue weighted by atomic mass is 19.1. The van der Waals surface area contributed by atoms with Crippen LogP contribution >= 0.6 is 0 Å². The van der Waals surface area contributed by atoms with Gasteiger partial charge >= 0.3 is 0 Å². The number of hydrogen-bond donors (Lipinski definition) is 0. The Balaban J connectivity index is 1.24. The molecule has 1 aromatic heterocycles. The van der Waals surface area contributed by atoms with E-state index in [1.54, 1.807) is 26.2 Å². The van der Waals surface area contributed by atoms with Gasteiger partial charge in [-0.15, -0.1) is 0 Å². The molecule has 0 N–H and O–H groups in total. The number of rotatable bonds is 7. The standard InChI is InChI=1S/C25H28FN3O3/c1-17-3-6-20(16-22(17)26)25-27-23(32-28-25)9-10-24(30)29-13-11-19(12-14-29)15-18-4-7-21(31-2)8-5-18/h3-8,16,19H,9-15H2,1-2H3. The summed E-state index contributed by atoms with van der Waals surface area (Å²) < 4.78 is 24.2. The Morgan fingerprint density at radius 3 is 2.62 bits per heavy atom. The number of nitrogens with zero attached hydrogens (tertiary/aromatic N) is 3. The first kappa shape index (κ1) is 22.0. The number of carbonyl (C=O) groups excluding carboxylic acids is 1. The molecule has 0 unspecified atom stereocenters. The minimum Gasteiger partial charge on any atom is -0.497 e. The molecule has 1 aliphatic rings. The van der Waals surface area contributed by atoms with E-state index >= 15 is 0 Å². The van der Waals surface area contributed by atoms with Gasteiger partial charge in [0.1, 0.15) is 11.6 Å². The molecule has 1 fully saturated rings. The van der Waals surface area contributed by atoms with Crippen molar-refractivity contribution in [2.24, 2.45) is 5.92 Å². The highest BCUT2D eigenvalue weighted by Gasteiger charge is 2.23. The molecule has 0 atom stereocenters. The van der Waals surface area contributed by atoms with Crippen LogP contribution < -0.4 is 4.74 Å². The summed E-state index contributed by atoms with van der Waals surface area (Å²) in [7, 11) is 1.67. The summed E-state index contributed by atoms with van der Waals surface area (Å²) in [6.45, 7) is 3.25. The second-order valence-corrected chi connectivity index (χ2v) is 8.35. The van der Waals surface area contributed by atoms with Crippen molar-refractivity contribution in [3.8, 4) is 17.1 Å². The number of ether oxygens (including phenoxy) is 1. The van der Waals surface area contributed by atoms with E-state index in [1.165, 1.54) is 11.6 Å². The molecule has 7 heteroatoms. The number of carbonyl (C=O) groups is 1. The maximum Gasteiger partial charge on any atom is 0.227 e. The summed E-state index contributed by atoms with van der Waals surface area (Å²) in [6, 6.07) is 13.0. The topological polar surface area (TPSA) is 68.5 Å². The monoisotopic (exact) mass is 437 g/mol. The van der Waals surface area contributed by atoms with Crippen LogP contribution in [0.1, 0.15) is 36.3 Å². The number of halogens is 1. The molecular formula is C25H28FN3O3. The molecule has 6 nitrogen and oxygen atoms in total. The quantitative estimate of drug-likeness (QED) is 0.540. The van der Waals surface area contributed by atoms with Crippen molar-refractivity contribution in [2.75, 3.05) is 20.2 Å². The van der Waals surface area contributed by atoms with Gasteiger partial charge in [0.2, 0.25) is 17.6 Å². The van der Waals surface area contributed by atoms with Crippen molar-refractivity contribution in [2.45, 2.75) is 39.0 Å². The average Bonchev–Trinajstić information content (AvgIpc) is 3.29. The van der Waals surface area contributed by atoms with Crippen molar-refractivity contribution >= 4 is 5.91 Å². The summed E-state index contributed by atoms with van der Waals surface area (Å²) in [6.07, 6.45) is 3.73. The number of aromatic nitrogens is 2. The highest BCUT2D eigenvalue weighted by Crippen LogP contribution is 2.24. The lowest BCUT2D eigenvalue weighted by Gasteiger charge is -2.32. The van der Waals surface area contributed by atoms with E-state index < -0.39 is 0 Å². The fraction of sp³-hybridized carbons (Fsp3) is 0.400. The number of piperidine rings is 1. The van der Waals surface area contributed by atoms with Crippen molar-refractivity contribution in [1.82, 2.24) is 15.0 Å². The Morgan fingerprint density at radius 1 is 1.19 bits per heavy atom. The van der Waals surface area contributed by atoms with Crippen molar-refractivity contribution in [3.63, 3.8) is 0 Å². The second-order valence-electron chi connectivity index (χ2n) is 8.35. The summed E-state index contributed by atoms with van der Waals surface area (Å²) >= 11 is 0. The Morgan fingerprint density at radius 2 is 1.94 bits per heavy atom. The Hall–Kier alpha value is -3.22. The van der Waals surface area contributed by atoms with Crippen LogP contribution in [0.5, 0.6) is 5.75 Å². The average molecular weight is 438 g/mol. The van der Waals surface area contributed by atoms with Gasteiger partial charge in [0.05, 0.1) is 7.11 Å². The lowest BCUT2D eigenvalue weighted by molar-refractivity contribution is -0.132. The third-order valence-electron chi connectivity index (χ3n) is 6.10. The molecule has 2 heterocycles. The van der Waals surface area contributed by atoms with Gasteiger partial charge in [-0.05, 0) is 61.4 Å². The van der Waals surface area contributed by atoms with Gasteiger partial charge < -0.3 is 14.2 Å². The predicted octanol–water partition coefficient (Wildman–Crippen LogP) is 4.61. The number of benzene rings is 2. The summed E-state index contributed by atoms with van der Waals surface area (Å²) in [5.41, 5.74) is 2.43. The number of aryl methyl sites for hydroxylation is 2. The van der Waals surface area contributed by atoms with Crippen molar-refractivity contribution in [1.29, 1.82) is 0 Å². The Kier molecular flexibility index (Phi) is 6.83. The van der Waals surface area contributed by atoms with Crippen LogP contribution in [-0.4, -0.2) is 41.1 Å². The Bertz CT molecular complexity index is 1060. The Labute approximate surface area is 187 Å². The molecule has 1 aliphatic heterocycles. The van der Waals surface area contributed by atoms with Crippen LogP contribution in [0.4, 0.5) is 4.39 Å². The molecule has 168 valence electrons. The van der Waals surface area contributed by atoms with E-state index in [-0.39, 0.29) is 11.7 Å². The molecule has 0 saturated carbocycles. The lowest BCUT2D eigenvalue weighted by Crippen LogP contribution is -2.39. The minimum atomic E-state index is -0.306. The van der Waals surface area contributed by atoms with Gasteiger partial charge in [0.25, 0.3) is 0 Å². The van der Waals surface area contributed by atoms with Crippen molar-refractivity contribution in [3.05, 3.63) is 65.3 Å². The molecule has 4 rings (SSSR count). The number of hydrogen-bond acceptors (Lipinski definition) is 5.